The predicted octanol–water partition coefficient (Wildman–Crippen LogP) is 5.18. The smallest absolute Gasteiger partial charge is 0.159 e. The Kier molecular flexibility index (Phi) is 5.35. The molecule has 0 amide bonds. The van der Waals surface area contributed by atoms with Gasteiger partial charge in [0.15, 0.2) is 5.17 Å². The summed E-state index contributed by atoms with van der Waals surface area (Å²) in [6.07, 6.45) is 0. The normalized spacial score (nSPS) is 11.7. The molecule has 0 spiro atoms. The van der Waals surface area contributed by atoms with Crippen molar-refractivity contribution in [3.05, 3.63) is 63.6 Å². The monoisotopic (exact) mass is 324 g/mol. The lowest BCUT2D eigenvalue weighted by molar-refractivity contribution is 1.41. The van der Waals surface area contributed by atoms with Crippen LogP contribution in [0, 0.1) is 6.92 Å². The zero-order valence-corrected chi connectivity index (χ0v) is 13.3. The molecule has 5 heteroatoms. The highest BCUT2D eigenvalue weighted by molar-refractivity contribution is 8.13. The Morgan fingerprint density at radius 3 is 2.65 bits per heavy atom. The summed E-state index contributed by atoms with van der Waals surface area (Å²) < 4.78 is 0. The Labute approximate surface area is 133 Å². The molecule has 2 rings (SSSR count). The molecule has 2 aromatic carbocycles. The van der Waals surface area contributed by atoms with E-state index in [9.17, 15) is 0 Å². The molecule has 104 valence electrons. The van der Waals surface area contributed by atoms with Gasteiger partial charge >= 0.3 is 0 Å². The maximum atomic E-state index is 5.97. The fourth-order valence-electron chi connectivity index (χ4n) is 1.64. The van der Waals surface area contributed by atoms with Crippen LogP contribution in [0.15, 0.2) is 47.5 Å². The summed E-state index contributed by atoms with van der Waals surface area (Å²) in [6.45, 7) is 2.03. The van der Waals surface area contributed by atoms with E-state index in [1.807, 2.05) is 43.3 Å². The second-order valence-electron chi connectivity index (χ2n) is 4.33. The lowest BCUT2D eigenvalue weighted by Crippen LogP contribution is -2.06. The first-order valence-corrected chi connectivity index (χ1v) is 7.76. The SMILES string of the molecule is Cc1cccc(N=C(N)SCc2ccc(Cl)c(Cl)c2)c1. The number of hydrogen-bond donors (Lipinski definition) is 1. The largest absolute Gasteiger partial charge is 0.378 e. The van der Waals surface area contributed by atoms with Crippen LogP contribution in [0.25, 0.3) is 0 Å². The summed E-state index contributed by atoms with van der Waals surface area (Å²) in [4.78, 5) is 4.37. The Hall–Kier alpha value is -1.16. The van der Waals surface area contributed by atoms with E-state index in [2.05, 4.69) is 4.99 Å². The molecule has 0 bridgehead atoms. The van der Waals surface area contributed by atoms with E-state index in [1.54, 1.807) is 6.07 Å². The van der Waals surface area contributed by atoms with Gasteiger partial charge in [-0.15, -0.1) is 0 Å². The van der Waals surface area contributed by atoms with Crippen LogP contribution in [0.2, 0.25) is 10.0 Å². The number of aliphatic imine (C=N–C) groups is 1. The third-order valence-corrected chi connectivity index (χ3v) is 4.22. The van der Waals surface area contributed by atoms with Gasteiger partial charge in [0, 0.05) is 5.75 Å². The lowest BCUT2D eigenvalue weighted by Gasteiger charge is -2.04. The summed E-state index contributed by atoms with van der Waals surface area (Å²) in [5, 5.41) is 1.64. The molecule has 0 aliphatic heterocycles. The van der Waals surface area contributed by atoms with Gasteiger partial charge in [-0.25, -0.2) is 4.99 Å². The first kappa shape index (κ1) is 15.2. The summed E-state index contributed by atoms with van der Waals surface area (Å²) >= 11 is 13.3. The molecule has 0 unspecified atom stereocenters. The topological polar surface area (TPSA) is 38.4 Å². The number of amidine groups is 1. The summed E-state index contributed by atoms with van der Waals surface area (Å²) in [7, 11) is 0. The van der Waals surface area contributed by atoms with Crippen molar-refractivity contribution >= 4 is 45.8 Å². The molecule has 2 nitrogen and oxygen atoms in total. The van der Waals surface area contributed by atoms with E-state index in [0.29, 0.717) is 21.0 Å². The molecule has 2 N–H and O–H groups in total. The molecular weight excluding hydrogens is 311 g/mol. The van der Waals surface area contributed by atoms with Gasteiger partial charge in [-0.3, -0.25) is 0 Å². The summed E-state index contributed by atoms with van der Waals surface area (Å²) in [5.74, 6) is 0.706. The van der Waals surface area contributed by atoms with Gasteiger partial charge < -0.3 is 5.73 Å². The van der Waals surface area contributed by atoms with Crippen LogP contribution in [0.5, 0.6) is 0 Å². The molecular formula is C15H14Cl2N2S. The van der Waals surface area contributed by atoms with Gasteiger partial charge in [-0.1, -0.05) is 53.2 Å². The van der Waals surface area contributed by atoms with Crippen molar-refractivity contribution in [3.63, 3.8) is 0 Å². The van der Waals surface area contributed by atoms with Gasteiger partial charge in [-0.2, -0.15) is 0 Å². The molecule has 0 heterocycles. The zero-order chi connectivity index (χ0) is 14.5. The standard InChI is InChI=1S/C15H14Cl2N2S/c1-10-3-2-4-12(7-10)19-15(18)20-9-11-5-6-13(16)14(17)8-11/h2-8H,9H2,1H3,(H2,18,19). The molecule has 0 radical (unpaired) electrons. The van der Waals surface area contributed by atoms with Gasteiger partial charge in [0.2, 0.25) is 0 Å². The van der Waals surface area contributed by atoms with Crippen LogP contribution in [0.3, 0.4) is 0 Å². The highest BCUT2D eigenvalue weighted by atomic mass is 35.5. The number of aryl methyl sites for hydroxylation is 1. The molecule has 0 atom stereocenters. The number of halogens is 2. The van der Waals surface area contributed by atoms with E-state index >= 15 is 0 Å². The van der Waals surface area contributed by atoms with Crippen molar-refractivity contribution in [2.24, 2.45) is 10.7 Å². The van der Waals surface area contributed by atoms with Crippen molar-refractivity contribution in [1.29, 1.82) is 0 Å². The fourth-order valence-corrected chi connectivity index (χ4v) is 2.63. The average Bonchev–Trinajstić information content (AvgIpc) is 2.40. The number of thioether (sulfide) groups is 1. The van der Waals surface area contributed by atoms with Crippen LogP contribution >= 0.6 is 35.0 Å². The van der Waals surface area contributed by atoms with Crippen LogP contribution in [0.4, 0.5) is 5.69 Å². The van der Waals surface area contributed by atoms with E-state index in [0.717, 1.165) is 16.8 Å². The quantitative estimate of drug-likeness (QED) is 0.623. The highest BCUT2D eigenvalue weighted by Crippen LogP contribution is 2.25. The van der Waals surface area contributed by atoms with Crippen LogP contribution in [0.1, 0.15) is 11.1 Å². The van der Waals surface area contributed by atoms with E-state index < -0.39 is 0 Å². The Bertz CT molecular complexity index is 642. The first-order chi connectivity index (χ1) is 9.54. The third kappa shape index (κ3) is 4.44. The van der Waals surface area contributed by atoms with Gasteiger partial charge in [0.1, 0.15) is 0 Å². The fraction of sp³-hybridized carbons (Fsp3) is 0.133. The van der Waals surface area contributed by atoms with E-state index in [1.165, 1.54) is 11.8 Å². The number of benzene rings is 2. The number of nitrogens with two attached hydrogens (primary N) is 1. The van der Waals surface area contributed by atoms with Crippen molar-refractivity contribution in [2.75, 3.05) is 0 Å². The van der Waals surface area contributed by atoms with Crippen LogP contribution in [-0.4, -0.2) is 5.17 Å². The van der Waals surface area contributed by atoms with Gasteiger partial charge in [-0.05, 0) is 42.3 Å². The van der Waals surface area contributed by atoms with E-state index in [-0.39, 0.29) is 0 Å². The van der Waals surface area contributed by atoms with Crippen molar-refractivity contribution < 1.29 is 0 Å². The molecule has 20 heavy (non-hydrogen) atoms. The molecule has 0 saturated heterocycles. The Morgan fingerprint density at radius 2 is 1.95 bits per heavy atom. The van der Waals surface area contributed by atoms with Gasteiger partial charge in [0.25, 0.3) is 0 Å². The molecule has 0 aliphatic carbocycles. The van der Waals surface area contributed by atoms with Crippen LogP contribution < -0.4 is 5.73 Å². The summed E-state index contributed by atoms with van der Waals surface area (Å²) in [6, 6.07) is 13.5. The second-order valence-corrected chi connectivity index (χ2v) is 6.14. The Morgan fingerprint density at radius 1 is 1.15 bits per heavy atom. The maximum absolute atomic E-state index is 5.97. The van der Waals surface area contributed by atoms with Gasteiger partial charge in [0.05, 0.1) is 15.7 Å². The molecule has 0 saturated carbocycles. The summed E-state index contributed by atoms with van der Waals surface area (Å²) in [5.41, 5.74) is 9.01. The molecule has 0 fully saturated rings. The second kappa shape index (κ2) is 7.02. The lowest BCUT2D eigenvalue weighted by atomic mass is 10.2. The van der Waals surface area contributed by atoms with Crippen LogP contribution in [-0.2, 0) is 5.75 Å². The third-order valence-electron chi connectivity index (χ3n) is 2.61. The minimum absolute atomic E-state index is 0.529. The number of rotatable bonds is 3. The van der Waals surface area contributed by atoms with E-state index in [4.69, 9.17) is 28.9 Å². The molecule has 2 aromatic rings. The zero-order valence-electron chi connectivity index (χ0n) is 10.9. The average molecular weight is 325 g/mol. The number of hydrogen-bond acceptors (Lipinski definition) is 2. The highest BCUT2D eigenvalue weighted by Gasteiger charge is 2.02. The Balaban J connectivity index is 2.01. The minimum Gasteiger partial charge on any atom is -0.378 e. The van der Waals surface area contributed by atoms with Crippen molar-refractivity contribution in [3.8, 4) is 0 Å². The number of nitrogens with zero attached hydrogens (tertiary/aromatic N) is 1. The van der Waals surface area contributed by atoms with Crippen molar-refractivity contribution in [1.82, 2.24) is 0 Å². The predicted molar refractivity (Wildman–Crippen MR) is 90.2 cm³/mol. The minimum atomic E-state index is 0.529. The first-order valence-electron chi connectivity index (χ1n) is 6.02. The van der Waals surface area contributed by atoms with Crippen molar-refractivity contribution in [2.45, 2.75) is 12.7 Å². The maximum Gasteiger partial charge on any atom is 0.159 e. The molecule has 0 aromatic heterocycles. The molecule has 0 aliphatic rings.